The van der Waals surface area contributed by atoms with Gasteiger partial charge < -0.3 is 11.1 Å². The number of nitrogens with one attached hydrogen (secondary N) is 1. The summed E-state index contributed by atoms with van der Waals surface area (Å²) in [5.41, 5.74) is 7.50. The van der Waals surface area contributed by atoms with Crippen molar-refractivity contribution in [1.82, 2.24) is 5.32 Å². The zero-order valence-corrected chi connectivity index (χ0v) is 13.2. The highest BCUT2D eigenvalue weighted by molar-refractivity contribution is 9.10. The van der Waals surface area contributed by atoms with E-state index in [0.717, 1.165) is 10.0 Å². The fourth-order valence-corrected chi connectivity index (χ4v) is 2.42. The van der Waals surface area contributed by atoms with Crippen molar-refractivity contribution in [2.45, 2.75) is 13.0 Å². The number of rotatable bonds is 3. The molecule has 0 aliphatic heterocycles. The van der Waals surface area contributed by atoms with E-state index in [2.05, 4.69) is 21.2 Å². The molecular weight excluding hydrogens is 340 g/mol. The topological polar surface area (TPSA) is 55.1 Å². The zero-order chi connectivity index (χ0) is 14.7. The third-order valence-corrected chi connectivity index (χ3v) is 3.83. The monoisotopic (exact) mass is 352 g/mol. The fraction of sp³-hybridized carbons (Fsp3) is 0.133. The van der Waals surface area contributed by atoms with Gasteiger partial charge in [0.25, 0.3) is 5.91 Å². The lowest BCUT2D eigenvalue weighted by Gasteiger charge is -2.16. The molecule has 0 unspecified atom stereocenters. The highest BCUT2D eigenvalue weighted by atomic mass is 79.9. The highest BCUT2D eigenvalue weighted by Crippen LogP contribution is 2.23. The van der Waals surface area contributed by atoms with Crippen LogP contribution in [0.15, 0.2) is 46.9 Å². The SMILES string of the molecule is C[C@@H](NC(=O)c1c(N)cccc1Cl)c1ccc(Br)cc1. The Balaban J connectivity index is 2.17. The normalized spacial score (nSPS) is 11.9. The third kappa shape index (κ3) is 3.32. The van der Waals surface area contributed by atoms with Crippen LogP contribution >= 0.6 is 27.5 Å². The molecule has 0 aliphatic carbocycles. The third-order valence-electron chi connectivity index (χ3n) is 2.99. The van der Waals surface area contributed by atoms with E-state index in [9.17, 15) is 4.79 Å². The van der Waals surface area contributed by atoms with E-state index in [0.29, 0.717) is 16.3 Å². The van der Waals surface area contributed by atoms with Gasteiger partial charge in [-0.1, -0.05) is 45.7 Å². The van der Waals surface area contributed by atoms with E-state index in [4.69, 9.17) is 17.3 Å². The van der Waals surface area contributed by atoms with Crippen molar-refractivity contribution < 1.29 is 4.79 Å². The lowest BCUT2D eigenvalue weighted by Crippen LogP contribution is -2.27. The predicted octanol–water partition coefficient (Wildman–Crippen LogP) is 4.18. The molecule has 1 amide bonds. The van der Waals surface area contributed by atoms with E-state index in [-0.39, 0.29) is 11.9 Å². The van der Waals surface area contributed by atoms with Crippen LogP contribution in [-0.4, -0.2) is 5.91 Å². The maximum absolute atomic E-state index is 12.3. The van der Waals surface area contributed by atoms with E-state index < -0.39 is 0 Å². The molecule has 0 radical (unpaired) electrons. The van der Waals surface area contributed by atoms with Crippen LogP contribution in [0.5, 0.6) is 0 Å². The number of carbonyl (C=O) groups excluding carboxylic acids is 1. The van der Waals surface area contributed by atoms with Crippen LogP contribution < -0.4 is 11.1 Å². The first-order valence-corrected chi connectivity index (χ1v) is 7.26. The Morgan fingerprint density at radius 1 is 1.25 bits per heavy atom. The maximum Gasteiger partial charge on any atom is 0.255 e. The van der Waals surface area contributed by atoms with Gasteiger partial charge in [0.05, 0.1) is 16.6 Å². The average molecular weight is 354 g/mol. The summed E-state index contributed by atoms with van der Waals surface area (Å²) in [6.45, 7) is 1.91. The Bertz CT molecular complexity index is 608. The first-order valence-electron chi connectivity index (χ1n) is 6.09. The number of hydrogen-bond donors (Lipinski definition) is 2. The molecule has 2 rings (SSSR count). The molecule has 0 aliphatic rings. The first-order chi connectivity index (χ1) is 9.49. The highest BCUT2D eigenvalue weighted by Gasteiger charge is 2.16. The van der Waals surface area contributed by atoms with Crippen LogP contribution in [0.25, 0.3) is 0 Å². The summed E-state index contributed by atoms with van der Waals surface area (Å²) in [5.74, 6) is -0.275. The molecule has 3 N–H and O–H groups in total. The summed E-state index contributed by atoms with van der Waals surface area (Å²) in [7, 11) is 0. The molecule has 104 valence electrons. The molecule has 0 aromatic heterocycles. The quantitative estimate of drug-likeness (QED) is 0.813. The van der Waals surface area contributed by atoms with Crippen molar-refractivity contribution in [2.24, 2.45) is 0 Å². The van der Waals surface area contributed by atoms with Crippen LogP contribution in [0.1, 0.15) is 28.9 Å². The summed E-state index contributed by atoms with van der Waals surface area (Å²) < 4.78 is 0.995. The van der Waals surface area contributed by atoms with Crippen molar-refractivity contribution in [3.8, 4) is 0 Å². The van der Waals surface area contributed by atoms with Gasteiger partial charge in [-0.15, -0.1) is 0 Å². The van der Waals surface area contributed by atoms with Gasteiger partial charge in [0.15, 0.2) is 0 Å². The first kappa shape index (κ1) is 14.9. The Labute approximate surface area is 131 Å². The van der Waals surface area contributed by atoms with Crippen LogP contribution in [0.4, 0.5) is 5.69 Å². The Morgan fingerprint density at radius 3 is 2.50 bits per heavy atom. The van der Waals surface area contributed by atoms with Crippen molar-refractivity contribution in [3.05, 3.63) is 63.1 Å². The minimum atomic E-state index is -0.275. The van der Waals surface area contributed by atoms with Crippen molar-refractivity contribution in [2.75, 3.05) is 5.73 Å². The molecule has 0 bridgehead atoms. The van der Waals surface area contributed by atoms with Crippen molar-refractivity contribution in [1.29, 1.82) is 0 Å². The van der Waals surface area contributed by atoms with Gasteiger partial charge in [-0.2, -0.15) is 0 Å². The molecule has 20 heavy (non-hydrogen) atoms. The lowest BCUT2D eigenvalue weighted by molar-refractivity contribution is 0.0941. The summed E-state index contributed by atoms with van der Waals surface area (Å²) in [5, 5.41) is 3.25. The van der Waals surface area contributed by atoms with Crippen LogP contribution in [-0.2, 0) is 0 Å². The molecule has 0 spiro atoms. The molecule has 0 fully saturated rings. The molecule has 5 heteroatoms. The molecular formula is C15H14BrClN2O. The largest absolute Gasteiger partial charge is 0.398 e. The van der Waals surface area contributed by atoms with Crippen molar-refractivity contribution in [3.63, 3.8) is 0 Å². The van der Waals surface area contributed by atoms with Crippen LogP contribution in [0.3, 0.4) is 0 Å². The smallest absolute Gasteiger partial charge is 0.255 e. The molecule has 2 aromatic rings. The van der Waals surface area contributed by atoms with Gasteiger partial charge in [-0.3, -0.25) is 4.79 Å². The summed E-state index contributed by atoms with van der Waals surface area (Å²) in [6, 6.07) is 12.7. The molecule has 0 heterocycles. The van der Waals surface area contributed by atoms with Gasteiger partial charge in [0.1, 0.15) is 0 Å². The van der Waals surface area contributed by atoms with Gasteiger partial charge >= 0.3 is 0 Å². The van der Waals surface area contributed by atoms with Crippen LogP contribution in [0.2, 0.25) is 5.02 Å². The molecule has 2 aromatic carbocycles. The summed E-state index contributed by atoms with van der Waals surface area (Å²) in [4.78, 5) is 12.3. The molecule has 0 saturated carbocycles. The van der Waals surface area contributed by atoms with Gasteiger partial charge in [0, 0.05) is 10.2 Å². The van der Waals surface area contributed by atoms with Gasteiger partial charge in [0.2, 0.25) is 0 Å². The number of benzene rings is 2. The fourth-order valence-electron chi connectivity index (χ4n) is 1.88. The summed E-state index contributed by atoms with van der Waals surface area (Å²) >= 11 is 9.41. The molecule has 0 saturated heterocycles. The van der Waals surface area contributed by atoms with E-state index in [1.807, 2.05) is 31.2 Å². The average Bonchev–Trinajstić information content (AvgIpc) is 2.39. The number of nitrogens with two attached hydrogens (primary N) is 1. The van der Waals surface area contributed by atoms with E-state index in [1.54, 1.807) is 18.2 Å². The van der Waals surface area contributed by atoms with Crippen molar-refractivity contribution >= 4 is 39.1 Å². The predicted molar refractivity (Wildman–Crippen MR) is 85.9 cm³/mol. The van der Waals surface area contributed by atoms with Crippen LogP contribution in [0, 0.1) is 0 Å². The second-order valence-corrected chi connectivity index (χ2v) is 5.77. The molecule has 1 atom stereocenters. The second-order valence-electron chi connectivity index (χ2n) is 4.45. The minimum Gasteiger partial charge on any atom is -0.398 e. The number of anilines is 1. The number of carbonyl (C=O) groups is 1. The second kappa shape index (κ2) is 6.29. The standard InChI is InChI=1S/C15H14BrClN2O/c1-9(10-5-7-11(16)8-6-10)19-15(20)14-12(17)3-2-4-13(14)18/h2-9H,18H2,1H3,(H,19,20)/t9-/m1/s1. The zero-order valence-electron chi connectivity index (χ0n) is 10.9. The number of hydrogen-bond acceptors (Lipinski definition) is 2. The Kier molecular flexibility index (Phi) is 4.68. The van der Waals surface area contributed by atoms with E-state index in [1.165, 1.54) is 0 Å². The number of halogens is 2. The lowest BCUT2D eigenvalue weighted by atomic mass is 10.1. The van der Waals surface area contributed by atoms with E-state index >= 15 is 0 Å². The Morgan fingerprint density at radius 2 is 1.90 bits per heavy atom. The van der Waals surface area contributed by atoms with Gasteiger partial charge in [-0.05, 0) is 36.8 Å². The minimum absolute atomic E-state index is 0.133. The molecule has 3 nitrogen and oxygen atoms in total. The Hall–Kier alpha value is -1.52. The van der Waals surface area contributed by atoms with Gasteiger partial charge in [-0.25, -0.2) is 0 Å². The summed E-state index contributed by atoms with van der Waals surface area (Å²) in [6.07, 6.45) is 0. The number of amides is 1. The number of nitrogen functional groups attached to an aromatic ring is 1. The maximum atomic E-state index is 12.3.